The summed E-state index contributed by atoms with van der Waals surface area (Å²) in [6.07, 6.45) is 4.01. The molecule has 0 atom stereocenters. The van der Waals surface area contributed by atoms with Crippen LogP contribution in [0, 0.1) is 3.57 Å². The minimum Gasteiger partial charge on any atom is -0.349 e. The average molecular weight is 381 g/mol. The first kappa shape index (κ1) is 15.7. The molecule has 0 aliphatic heterocycles. The summed E-state index contributed by atoms with van der Waals surface area (Å²) in [5.74, 6) is 0.0375. The minimum absolute atomic E-state index is 0. The number of carbonyl (C=O) groups excluding carboxylic acids is 1. The lowest BCUT2D eigenvalue weighted by molar-refractivity contribution is 0.0925. The highest BCUT2D eigenvalue weighted by Crippen LogP contribution is 2.18. The molecule has 1 amide bonds. The highest BCUT2D eigenvalue weighted by atomic mass is 127. The van der Waals surface area contributed by atoms with Crippen molar-refractivity contribution in [2.24, 2.45) is 5.73 Å². The highest BCUT2D eigenvalue weighted by molar-refractivity contribution is 14.1. The van der Waals surface area contributed by atoms with Crippen LogP contribution in [0.25, 0.3) is 0 Å². The summed E-state index contributed by atoms with van der Waals surface area (Å²) in [4.78, 5) is 12.1. The molecule has 0 bridgehead atoms. The van der Waals surface area contributed by atoms with E-state index in [4.69, 9.17) is 5.73 Å². The van der Waals surface area contributed by atoms with Gasteiger partial charge in [-0.15, -0.1) is 12.4 Å². The van der Waals surface area contributed by atoms with Crippen LogP contribution in [0.3, 0.4) is 0 Å². The molecule has 3 N–H and O–H groups in total. The van der Waals surface area contributed by atoms with Gasteiger partial charge in [-0.05, 0) is 60.4 Å². The zero-order valence-corrected chi connectivity index (χ0v) is 13.0. The van der Waals surface area contributed by atoms with Crippen LogP contribution >= 0.6 is 35.0 Å². The lowest BCUT2D eigenvalue weighted by Gasteiger charge is -2.26. The molecule has 1 aliphatic rings. The van der Waals surface area contributed by atoms with Crippen LogP contribution in [-0.4, -0.2) is 18.0 Å². The fraction of sp³-hybridized carbons (Fsp3) is 0.462. The first-order chi connectivity index (χ1) is 8.16. The third-order valence-electron chi connectivity index (χ3n) is 3.23. The van der Waals surface area contributed by atoms with Crippen molar-refractivity contribution in [2.75, 3.05) is 0 Å². The number of benzene rings is 1. The third-order valence-corrected chi connectivity index (χ3v) is 4.17. The molecule has 1 saturated carbocycles. The van der Waals surface area contributed by atoms with Crippen molar-refractivity contribution in [3.05, 3.63) is 33.4 Å². The molecule has 0 unspecified atom stereocenters. The molecule has 1 aromatic carbocycles. The van der Waals surface area contributed by atoms with Gasteiger partial charge in [-0.25, -0.2) is 0 Å². The van der Waals surface area contributed by atoms with Crippen molar-refractivity contribution in [3.63, 3.8) is 0 Å². The summed E-state index contributed by atoms with van der Waals surface area (Å²) in [6, 6.07) is 8.27. The van der Waals surface area contributed by atoms with Gasteiger partial charge in [0.1, 0.15) is 0 Å². The van der Waals surface area contributed by atoms with Crippen LogP contribution in [0.4, 0.5) is 0 Å². The van der Waals surface area contributed by atoms with Gasteiger partial charge < -0.3 is 11.1 Å². The molecule has 18 heavy (non-hydrogen) atoms. The van der Waals surface area contributed by atoms with Gasteiger partial charge >= 0.3 is 0 Å². The highest BCUT2D eigenvalue weighted by Gasteiger charge is 2.21. The second-order valence-corrected chi connectivity index (χ2v) is 5.73. The molecule has 0 radical (unpaired) electrons. The van der Waals surface area contributed by atoms with Crippen molar-refractivity contribution in [1.29, 1.82) is 0 Å². The molecule has 100 valence electrons. The van der Waals surface area contributed by atoms with E-state index in [2.05, 4.69) is 27.9 Å². The molecule has 1 fully saturated rings. The Balaban J connectivity index is 0.00000162. The zero-order chi connectivity index (χ0) is 12.3. The third kappa shape index (κ3) is 4.10. The van der Waals surface area contributed by atoms with Gasteiger partial charge in [-0.1, -0.05) is 12.1 Å². The number of amides is 1. The van der Waals surface area contributed by atoms with E-state index in [0.717, 1.165) is 34.8 Å². The summed E-state index contributed by atoms with van der Waals surface area (Å²) in [5.41, 5.74) is 6.62. The van der Waals surface area contributed by atoms with Crippen LogP contribution in [0.5, 0.6) is 0 Å². The van der Waals surface area contributed by atoms with E-state index in [1.54, 1.807) is 0 Å². The van der Waals surface area contributed by atoms with Gasteiger partial charge in [-0.3, -0.25) is 4.79 Å². The second-order valence-electron chi connectivity index (χ2n) is 4.57. The molecule has 5 heteroatoms. The molecule has 0 spiro atoms. The molecular weight excluding hydrogens is 363 g/mol. The van der Waals surface area contributed by atoms with Crippen LogP contribution in [0.15, 0.2) is 24.3 Å². The molecule has 0 aromatic heterocycles. The Bertz CT molecular complexity index is 406. The number of hydrogen-bond donors (Lipinski definition) is 2. The Kier molecular flexibility index (Phi) is 6.38. The van der Waals surface area contributed by atoms with Gasteiger partial charge in [0.05, 0.1) is 5.56 Å². The average Bonchev–Trinajstić information content (AvgIpc) is 2.32. The first-order valence-electron chi connectivity index (χ1n) is 5.98. The topological polar surface area (TPSA) is 55.1 Å². The Hall–Kier alpha value is -0.330. The number of halogens is 2. The molecular formula is C13H18ClIN2O. The molecule has 0 heterocycles. The zero-order valence-electron chi connectivity index (χ0n) is 10.1. The van der Waals surface area contributed by atoms with Gasteiger partial charge in [0.25, 0.3) is 5.91 Å². The number of rotatable bonds is 2. The van der Waals surface area contributed by atoms with E-state index in [-0.39, 0.29) is 18.3 Å². The Morgan fingerprint density at radius 1 is 1.22 bits per heavy atom. The lowest BCUT2D eigenvalue weighted by atomic mass is 9.91. The minimum atomic E-state index is 0. The fourth-order valence-corrected chi connectivity index (χ4v) is 2.80. The van der Waals surface area contributed by atoms with Gasteiger partial charge in [0, 0.05) is 15.7 Å². The normalized spacial score (nSPS) is 23.0. The molecule has 1 aliphatic carbocycles. The Morgan fingerprint density at radius 2 is 1.83 bits per heavy atom. The number of nitrogens with two attached hydrogens (primary N) is 1. The molecule has 0 saturated heterocycles. The number of carbonyl (C=O) groups is 1. The molecule has 1 aromatic rings. The predicted molar refractivity (Wildman–Crippen MR) is 84.1 cm³/mol. The van der Waals surface area contributed by atoms with E-state index in [0.29, 0.717) is 12.1 Å². The van der Waals surface area contributed by atoms with Crippen LogP contribution in [0.1, 0.15) is 36.0 Å². The van der Waals surface area contributed by atoms with E-state index in [9.17, 15) is 4.79 Å². The summed E-state index contributed by atoms with van der Waals surface area (Å²) in [6.45, 7) is 0. The fourth-order valence-electron chi connectivity index (χ4n) is 2.17. The molecule has 3 nitrogen and oxygen atoms in total. The maximum atomic E-state index is 12.1. The largest absolute Gasteiger partial charge is 0.349 e. The van der Waals surface area contributed by atoms with Crippen LogP contribution in [-0.2, 0) is 0 Å². The van der Waals surface area contributed by atoms with Crippen molar-refractivity contribution < 1.29 is 4.79 Å². The van der Waals surface area contributed by atoms with Crippen molar-refractivity contribution in [3.8, 4) is 0 Å². The van der Waals surface area contributed by atoms with E-state index < -0.39 is 0 Å². The van der Waals surface area contributed by atoms with E-state index >= 15 is 0 Å². The maximum Gasteiger partial charge on any atom is 0.252 e. The number of hydrogen-bond acceptors (Lipinski definition) is 2. The lowest BCUT2D eigenvalue weighted by Crippen LogP contribution is -2.40. The smallest absolute Gasteiger partial charge is 0.252 e. The van der Waals surface area contributed by atoms with Gasteiger partial charge in [0.2, 0.25) is 0 Å². The standard InChI is InChI=1S/C13H17IN2O.ClH/c14-12-4-2-1-3-11(12)13(17)16-10-7-5-9(15)6-8-10;/h1-4,9-10H,5-8,15H2,(H,16,17);1H. The number of nitrogens with one attached hydrogen (secondary N) is 1. The SMILES string of the molecule is Cl.NC1CCC(NC(=O)c2ccccc2I)CC1. The van der Waals surface area contributed by atoms with Crippen molar-refractivity contribution in [1.82, 2.24) is 5.32 Å². The van der Waals surface area contributed by atoms with Crippen molar-refractivity contribution >= 4 is 40.9 Å². The monoisotopic (exact) mass is 380 g/mol. The molecule has 2 rings (SSSR count). The summed E-state index contributed by atoms with van der Waals surface area (Å²) < 4.78 is 0.995. The predicted octanol–water partition coefficient (Wildman–Crippen LogP) is 2.71. The second kappa shape index (κ2) is 7.31. The quantitative estimate of drug-likeness (QED) is 0.775. The van der Waals surface area contributed by atoms with Crippen molar-refractivity contribution in [2.45, 2.75) is 37.8 Å². The van der Waals surface area contributed by atoms with Gasteiger partial charge in [0.15, 0.2) is 0 Å². The summed E-state index contributed by atoms with van der Waals surface area (Å²) in [5, 5.41) is 3.10. The Labute approximate surface area is 127 Å². The Morgan fingerprint density at radius 3 is 2.44 bits per heavy atom. The van der Waals surface area contributed by atoms with E-state index in [1.807, 2.05) is 24.3 Å². The van der Waals surface area contributed by atoms with Crippen LogP contribution < -0.4 is 11.1 Å². The van der Waals surface area contributed by atoms with Crippen LogP contribution in [0.2, 0.25) is 0 Å². The summed E-state index contributed by atoms with van der Waals surface area (Å²) >= 11 is 2.19. The first-order valence-corrected chi connectivity index (χ1v) is 7.05. The van der Waals surface area contributed by atoms with Gasteiger partial charge in [-0.2, -0.15) is 0 Å². The summed E-state index contributed by atoms with van der Waals surface area (Å²) in [7, 11) is 0. The van der Waals surface area contributed by atoms with E-state index in [1.165, 1.54) is 0 Å². The maximum absolute atomic E-state index is 12.1.